The van der Waals surface area contributed by atoms with Crippen LogP contribution in [0.2, 0.25) is 0 Å². The molecule has 6 heteroatoms. The number of hydrogen-bond acceptors (Lipinski definition) is 4. The molecule has 0 N–H and O–H groups in total. The van der Waals surface area contributed by atoms with E-state index in [0.29, 0.717) is 31.7 Å². The van der Waals surface area contributed by atoms with Crippen LogP contribution in [0.15, 0.2) is 40.9 Å². The van der Waals surface area contributed by atoms with E-state index in [1.165, 1.54) is 0 Å². The van der Waals surface area contributed by atoms with Gasteiger partial charge in [-0.05, 0) is 18.9 Å². The van der Waals surface area contributed by atoms with Crippen LogP contribution in [-0.2, 0) is 11.3 Å². The first-order chi connectivity index (χ1) is 12.1. The smallest absolute Gasteiger partial charge is 0.292 e. The molecule has 0 saturated carbocycles. The first-order valence-electron chi connectivity index (χ1n) is 8.64. The second-order valence-electron chi connectivity index (χ2n) is 6.40. The number of hydrogen-bond donors (Lipinski definition) is 0. The van der Waals surface area contributed by atoms with Gasteiger partial charge < -0.3 is 14.3 Å². The van der Waals surface area contributed by atoms with E-state index >= 15 is 0 Å². The molecule has 25 heavy (non-hydrogen) atoms. The summed E-state index contributed by atoms with van der Waals surface area (Å²) in [5.41, 5.74) is 1.77. The summed E-state index contributed by atoms with van der Waals surface area (Å²) in [6, 6.07) is 11.6. The SMILES string of the molecule is CCC1CN(C(=O)c2cc(C)no2)CCC(=O)N1Cc1ccccc1. The van der Waals surface area contributed by atoms with Crippen molar-refractivity contribution in [1.29, 1.82) is 0 Å². The molecule has 1 atom stereocenters. The Labute approximate surface area is 147 Å². The van der Waals surface area contributed by atoms with Crippen LogP contribution >= 0.6 is 0 Å². The normalized spacial score (nSPS) is 18.3. The zero-order valence-corrected chi connectivity index (χ0v) is 14.6. The molecule has 1 fully saturated rings. The summed E-state index contributed by atoms with van der Waals surface area (Å²) >= 11 is 0. The largest absolute Gasteiger partial charge is 0.351 e. The fourth-order valence-corrected chi connectivity index (χ4v) is 3.17. The van der Waals surface area contributed by atoms with Gasteiger partial charge in [0.05, 0.1) is 5.69 Å². The van der Waals surface area contributed by atoms with Gasteiger partial charge in [-0.2, -0.15) is 0 Å². The second-order valence-corrected chi connectivity index (χ2v) is 6.40. The lowest BCUT2D eigenvalue weighted by Crippen LogP contribution is -2.43. The maximum atomic E-state index is 12.7. The lowest BCUT2D eigenvalue weighted by atomic mass is 10.1. The standard InChI is InChI=1S/C19H23N3O3/c1-3-16-13-21(19(24)17-11-14(2)20-25-17)10-9-18(23)22(16)12-15-7-5-4-6-8-15/h4-8,11,16H,3,9-10,12-13H2,1-2H3. The number of aromatic nitrogens is 1. The third-order valence-corrected chi connectivity index (χ3v) is 4.58. The Balaban J connectivity index is 1.77. The Bertz CT molecular complexity index is 741. The van der Waals surface area contributed by atoms with Gasteiger partial charge in [0, 0.05) is 38.2 Å². The van der Waals surface area contributed by atoms with Gasteiger partial charge in [0.15, 0.2) is 0 Å². The first kappa shape index (κ1) is 17.2. The molecular weight excluding hydrogens is 318 g/mol. The average molecular weight is 341 g/mol. The maximum Gasteiger partial charge on any atom is 0.292 e. The maximum absolute atomic E-state index is 12.7. The molecular formula is C19H23N3O3. The molecule has 2 amide bonds. The summed E-state index contributed by atoms with van der Waals surface area (Å²) in [5.74, 6) is 0.115. The molecule has 3 rings (SSSR count). The zero-order valence-electron chi connectivity index (χ0n) is 14.6. The second kappa shape index (κ2) is 7.51. The minimum Gasteiger partial charge on any atom is -0.351 e. The van der Waals surface area contributed by atoms with Gasteiger partial charge in [-0.1, -0.05) is 42.4 Å². The molecule has 2 aromatic rings. The van der Waals surface area contributed by atoms with Gasteiger partial charge in [0.2, 0.25) is 11.7 Å². The predicted molar refractivity (Wildman–Crippen MR) is 92.8 cm³/mol. The average Bonchev–Trinajstić information content (AvgIpc) is 3.00. The lowest BCUT2D eigenvalue weighted by molar-refractivity contribution is -0.133. The third kappa shape index (κ3) is 3.90. The van der Waals surface area contributed by atoms with Crippen LogP contribution in [0, 0.1) is 6.92 Å². The van der Waals surface area contributed by atoms with Gasteiger partial charge in [-0.15, -0.1) is 0 Å². The molecule has 1 aromatic heterocycles. The number of aryl methyl sites for hydroxylation is 1. The van der Waals surface area contributed by atoms with Crippen molar-refractivity contribution < 1.29 is 14.1 Å². The topological polar surface area (TPSA) is 66.7 Å². The van der Waals surface area contributed by atoms with E-state index in [9.17, 15) is 9.59 Å². The minimum absolute atomic E-state index is 0.0109. The molecule has 1 aromatic carbocycles. The molecule has 1 aliphatic heterocycles. The highest BCUT2D eigenvalue weighted by Gasteiger charge is 2.32. The van der Waals surface area contributed by atoms with Crippen molar-refractivity contribution in [3.63, 3.8) is 0 Å². The summed E-state index contributed by atoms with van der Waals surface area (Å²) in [4.78, 5) is 28.9. The molecule has 0 aliphatic carbocycles. The van der Waals surface area contributed by atoms with Crippen LogP contribution in [-0.4, -0.2) is 45.9 Å². The summed E-state index contributed by atoms with van der Waals surface area (Å²) < 4.78 is 5.10. The number of amides is 2. The molecule has 0 spiro atoms. The van der Waals surface area contributed by atoms with Crippen molar-refractivity contribution in [3.8, 4) is 0 Å². The summed E-state index contributed by atoms with van der Waals surface area (Å²) in [6.07, 6.45) is 1.11. The monoisotopic (exact) mass is 341 g/mol. The first-order valence-corrected chi connectivity index (χ1v) is 8.64. The van der Waals surface area contributed by atoms with Crippen LogP contribution < -0.4 is 0 Å². The van der Waals surface area contributed by atoms with Crippen LogP contribution in [0.4, 0.5) is 0 Å². The van der Waals surface area contributed by atoms with E-state index in [4.69, 9.17) is 4.52 Å². The molecule has 0 radical (unpaired) electrons. The lowest BCUT2D eigenvalue weighted by Gasteiger charge is -2.31. The number of carbonyl (C=O) groups is 2. The van der Waals surface area contributed by atoms with E-state index in [-0.39, 0.29) is 23.6 Å². The molecule has 2 heterocycles. The van der Waals surface area contributed by atoms with E-state index < -0.39 is 0 Å². The van der Waals surface area contributed by atoms with Gasteiger partial charge in [0.1, 0.15) is 0 Å². The number of carbonyl (C=O) groups excluding carboxylic acids is 2. The number of nitrogens with zero attached hydrogens (tertiary/aromatic N) is 3. The van der Waals surface area contributed by atoms with Crippen molar-refractivity contribution in [3.05, 3.63) is 53.4 Å². The summed E-state index contributed by atoms with van der Waals surface area (Å²) in [5, 5.41) is 3.78. The molecule has 0 bridgehead atoms. The van der Waals surface area contributed by atoms with Crippen molar-refractivity contribution in [2.24, 2.45) is 0 Å². The quantitative estimate of drug-likeness (QED) is 0.857. The Kier molecular flexibility index (Phi) is 5.16. The van der Waals surface area contributed by atoms with Crippen molar-refractivity contribution >= 4 is 11.8 Å². The van der Waals surface area contributed by atoms with Gasteiger partial charge >= 0.3 is 0 Å². The van der Waals surface area contributed by atoms with Crippen molar-refractivity contribution in [2.75, 3.05) is 13.1 Å². The summed E-state index contributed by atoms with van der Waals surface area (Å²) in [6.45, 7) is 5.31. The Hall–Kier alpha value is -2.63. The highest BCUT2D eigenvalue weighted by Crippen LogP contribution is 2.19. The van der Waals surface area contributed by atoms with E-state index in [1.54, 1.807) is 17.9 Å². The number of benzene rings is 1. The fraction of sp³-hybridized carbons (Fsp3) is 0.421. The fourth-order valence-electron chi connectivity index (χ4n) is 3.17. The van der Waals surface area contributed by atoms with Crippen LogP contribution in [0.3, 0.4) is 0 Å². The third-order valence-electron chi connectivity index (χ3n) is 4.58. The molecule has 1 aliphatic rings. The molecule has 1 unspecified atom stereocenters. The zero-order chi connectivity index (χ0) is 17.8. The predicted octanol–water partition coefficient (Wildman–Crippen LogP) is 2.64. The molecule has 1 saturated heterocycles. The van der Waals surface area contributed by atoms with Crippen LogP contribution in [0.5, 0.6) is 0 Å². The van der Waals surface area contributed by atoms with E-state index in [1.807, 2.05) is 42.2 Å². The van der Waals surface area contributed by atoms with Crippen LogP contribution in [0.25, 0.3) is 0 Å². The highest BCUT2D eigenvalue weighted by molar-refractivity contribution is 5.92. The van der Waals surface area contributed by atoms with E-state index in [2.05, 4.69) is 5.16 Å². The van der Waals surface area contributed by atoms with Gasteiger partial charge in [-0.3, -0.25) is 9.59 Å². The Morgan fingerprint density at radius 3 is 2.72 bits per heavy atom. The van der Waals surface area contributed by atoms with Gasteiger partial charge in [0.25, 0.3) is 5.91 Å². The Morgan fingerprint density at radius 1 is 1.32 bits per heavy atom. The van der Waals surface area contributed by atoms with Gasteiger partial charge in [-0.25, -0.2) is 0 Å². The number of rotatable bonds is 4. The molecule has 6 nitrogen and oxygen atoms in total. The molecule has 132 valence electrons. The van der Waals surface area contributed by atoms with Crippen molar-refractivity contribution in [1.82, 2.24) is 15.0 Å². The van der Waals surface area contributed by atoms with Crippen molar-refractivity contribution in [2.45, 2.75) is 39.3 Å². The summed E-state index contributed by atoms with van der Waals surface area (Å²) in [7, 11) is 0. The van der Waals surface area contributed by atoms with Crippen LogP contribution in [0.1, 0.15) is 41.6 Å². The minimum atomic E-state index is -0.201. The highest BCUT2D eigenvalue weighted by atomic mass is 16.5. The van der Waals surface area contributed by atoms with E-state index in [0.717, 1.165) is 12.0 Å². The Morgan fingerprint density at radius 2 is 2.08 bits per heavy atom.